The summed E-state index contributed by atoms with van der Waals surface area (Å²) in [7, 11) is 5.86. The fourth-order valence-corrected chi connectivity index (χ4v) is 3.16. The molecule has 0 heterocycles. The fourth-order valence-electron chi connectivity index (χ4n) is 3.16. The normalized spacial score (nSPS) is 12.6. The number of ether oxygens (including phenoxy) is 1. The van der Waals surface area contributed by atoms with Crippen molar-refractivity contribution in [1.29, 1.82) is 0 Å². The summed E-state index contributed by atoms with van der Waals surface area (Å²) in [4.78, 5) is 23.0. The van der Waals surface area contributed by atoms with E-state index in [2.05, 4.69) is 5.32 Å². The molecule has 1 atom stereocenters. The molecule has 0 aliphatic rings. The number of benzene rings is 1. The number of nitrogens with zero attached hydrogens (tertiary/aromatic N) is 1. The third kappa shape index (κ3) is 13.8. The van der Waals surface area contributed by atoms with Gasteiger partial charge in [0.25, 0.3) is 0 Å². The first-order valence-electron chi connectivity index (χ1n) is 10.3. The van der Waals surface area contributed by atoms with Gasteiger partial charge in [-0.05, 0) is 30.5 Å². The number of hydrogen-bond donors (Lipinski definition) is 1. The van der Waals surface area contributed by atoms with Gasteiger partial charge in [0.05, 0.1) is 40.3 Å². The van der Waals surface area contributed by atoms with E-state index in [1.165, 1.54) is 12.1 Å². The van der Waals surface area contributed by atoms with Crippen LogP contribution in [0, 0.1) is 5.82 Å². The van der Waals surface area contributed by atoms with Crippen molar-refractivity contribution in [2.45, 2.75) is 57.6 Å². The van der Waals surface area contributed by atoms with E-state index >= 15 is 0 Å². The van der Waals surface area contributed by atoms with Gasteiger partial charge in [0.2, 0.25) is 5.91 Å². The van der Waals surface area contributed by atoms with Gasteiger partial charge < -0.3 is 24.4 Å². The molecule has 1 N–H and O–H groups in total. The Kier molecular flexibility index (Phi) is 11.5. The van der Waals surface area contributed by atoms with Gasteiger partial charge in [0.15, 0.2) is 0 Å². The van der Waals surface area contributed by atoms with Gasteiger partial charge in [0, 0.05) is 25.4 Å². The van der Waals surface area contributed by atoms with Crippen LogP contribution in [0.15, 0.2) is 24.3 Å². The van der Waals surface area contributed by atoms with Crippen molar-refractivity contribution in [2.75, 3.05) is 34.3 Å². The molecule has 6 nitrogen and oxygen atoms in total. The molecule has 0 fully saturated rings. The molecule has 7 heteroatoms. The Bertz CT molecular complexity index is 631. The predicted molar refractivity (Wildman–Crippen MR) is 108 cm³/mol. The molecule has 1 rings (SSSR count). The first kappa shape index (κ1) is 25.0. The zero-order chi connectivity index (χ0) is 21.7. The van der Waals surface area contributed by atoms with Crippen LogP contribution in [0.2, 0.25) is 0 Å². The summed E-state index contributed by atoms with van der Waals surface area (Å²) in [5.41, 5.74) is 0.832. The van der Waals surface area contributed by atoms with Crippen molar-refractivity contribution in [1.82, 2.24) is 5.32 Å². The number of carboxylic acids is 1. The molecule has 1 amide bonds. The topological polar surface area (TPSA) is 78.5 Å². The van der Waals surface area contributed by atoms with Gasteiger partial charge in [-0.2, -0.15) is 0 Å². The molecule has 164 valence electrons. The van der Waals surface area contributed by atoms with Crippen LogP contribution in [0.25, 0.3) is 0 Å². The summed E-state index contributed by atoms with van der Waals surface area (Å²) in [6, 6.07) is 5.99. The lowest BCUT2D eigenvalue weighted by molar-refractivity contribution is -0.871. The number of carboxylic acid groups (broad SMARTS) is 1. The van der Waals surface area contributed by atoms with Crippen LogP contribution in [0.4, 0.5) is 4.39 Å². The number of unbranched alkanes of at least 4 members (excludes halogenated alkanes) is 4. The smallest absolute Gasteiger partial charge is 0.220 e. The maximum atomic E-state index is 13.1. The maximum Gasteiger partial charge on any atom is 0.220 e. The van der Waals surface area contributed by atoms with Gasteiger partial charge in [0.1, 0.15) is 5.82 Å². The maximum absolute atomic E-state index is 13.1. The second-order valence-electron chi connectivity index (χ2n) is 8.51. The lowest BCUT2D eigenvalue weighted by Crippen LogP contribution is -2.50. The third-order valence-electron chi connectivity index (χ3n) is 4.40. The third-order valence-corrected chi connectivity index (χ3v) is 4.40. The average molecular weight is 411 g/mol. The number of quaternary nitrogens is 1. The molecule has 0 radical (unpaired) electrons. The van der Waals surface area contributed by atoms with Crippen molar-refractivity contribution in [3.63, 3.8) is 0 Å². The van der Waals surface area contributed by atoms with E-state index < -0.39 is 12.0 Å². The first-order valence-corrected chi connectivity index (χ1v) is 10.3. The van der Waals surface area contributed by atoms with E-state index in [0.29, 0.717) is 30.7 Å². The molecular weight excluding hydrogens is 375 g/mol. The number of likely N-dealkylation sites (N-methyl/N-ethyl adjacent to an activating group) is 1. The molecule has 1 aromatic rings. The van der Waals surface area contributed by atoms with Crippen LogP contribution in [-0.2, 0) is 20.9 Å². The van der Waals surface area contributed by atoms with E-state index in [4.69, 9.17) is 4.74 Å². The Labute approximate surface area is 173 Å². The Morgan fingerprint density at radius 1 is 1.14 bits per heavy atom. The number of carbonyl (C=O) groups excluding carboxylic acids is 2. The van der Waals surface area contributed by atoms with Crippen molar-refractivity contribution >= 4 is 11.9 Å². The lowest BCUT2D eigenvalue weighted by atomic mass is 10.1. The second-order valence-corrected chi connectivity index (χ2v) is 8.51. The zero-order valence-corrected chi connectivity index (χ0v) is 17.9. The summed E-state index contributed by atoms with van der Waals surface area (Å²) in [5, 5.41) is 13.7. The van der Waals surface area contributed by atoms with Crippen molar-refractivity contribution in [3.05, 3.63) is 35.6 Å². The van der Waals surface area contributed by atoms with Crippen molar-refractivity contribution in [2.24, 2.45) is 0 Å². The average Bonchev–Trinajstić information content (AvgIpc) is 2.58. The van der Waals surface area contributed by atoms with Gasteiger partial charge in [-0.1, -0.05) is 31.4 Å². The van der Waals surface area contributed by atoms with Crippen LogP contribution in [0.3, 0.4) is 0 Å². The molecule has 1 aromatic carbocycles. The van der Waals surface area contributed by atoms with E-state index in [-0.39, 0.29) is 18.1 Å². The Hall–Kier alpha value is -1.99. The molecule has 0 saturated carbocycles. The molecule has 0 spiro atoms. The highest BCUT2D eigenvalue weighted by Crippen LogP contribution is 2.09. The monoisotopic (exact) mass is 410 g/mol. The first-order chi connectivity index (χ1) is 13.7. The van der Waals surface area contributed by atoms with E-state index in [1.54, 1.807) is 6.07 Å². The minimum atomic E-state index is -1.15. The Balaban J connectivity index is 2.08. The quantitative estimate of drug-likeness (QED) is 0.354. The number of rotatable bonds is 15. The number of carbonyl (C=O) groups is 2. The molecular formula is C22H35FN2O4. The second kappa shape index (κ2) is 13.3. The Morgan fingerprint density at radius 2 is 1.83 bits per heavy atom. The molecule has 0 saturated heterocycles. The van der Waals surface area contributed by atoms with Crippen LogP contribution in [0.1, 0.15) is 50.5 Å². The largest absolute Gasteiger partial charge is 0.550 e. The highest BCUT2D eigenvalue weighted by Gasteiger charge is 2.20. The van der Waals surface area contributed by atoms with E-state index in [9.17, 15) is 19.1 Å². The van der Waals surface area contributed by atoms with Crippen LogP contribution in [0.5, 0.6) is 0 Å². The number of halogens is 1. The van der Waals surface area contributed by atoms with Crippen molar-refractivity contribution < 1.29 is 28.3 Å². The van der Waals surface area contributed by atoms with E-state index in [1.807, 2.05) is 27.2 Å². The minimum Gasteiger partial charge on any atom is -0.550 e. The summed E-state index contributed by atoms with van der Waals surface area (Å²) < 4.78 is 19.2. The van der Waals surface area contributed by atoms with Crippen LogP contribution in [-0.4, -0.2) is 56.7 Å². The molecule has 0 aliphatic carbocycles. The molecule has 0 aliphatic heterocycles. The minimum absolute atomic E-state index is 0.108. The standard InChI is InChI=1S/C22H35FN2O4/c1-25(2,3)16-20(15-22(27)28)24-21(26)12-7-5-4-6-8-13-29-17-18-10-9-11-19(23)14-18/h9-11,14,20H,4-8,12-13,15-17H2,1-3H3,(H-,24,26,27,28)/t20-/m1/s1. The van der Waals surface area contributed by atoms with Crippen LogP contribution < -0.4 is 10.4 Å². The predicted octanol–water partition coefficient (Wildman–Crippen LogP) is 2.01. The zero-order valence-electron chi connectivity index (χ0n) is 17.9. The highest BCUT2D eigenvalue weighted by atomic mass is 19.1. The van der Waals surface area contributed by atoms with Gasteiger partial charge in [-0.15, -0.1) is 0 Å². The summed E-state index contributed by atoms with van der Waals surface area (Å²) >= 11 is 0. The number of hydrogen-bond acceptors (Lipinski definition) is 4. The summed E-state index contributed by atoms with van der Waals surface area (Å²) in [5.74, 6) is -1.51. The Morgan fingerprint density at radius 3 is 2.48 bits per heavy atom. The van der Waals surface area contributed by atoms with Gasteiger partial charge in [-0.25, -0.2) is 4.39 Å². The van der Waals surface area contributed by atoms with Crippen LogP contribution >= 0.6 is 0 Å². The summed E-state index contributed by atoms with van der Waals surface area (Å²) in [6.45, 7) is 1.58. The molecule has 0 aromatic heterocycles. The molecule has 0 unspecified atom stereocenters. The molecule has 0 bridgehead atoms. The SMILES string of the molecule is C[N+](C)(C)C[C@@H](CC(=O)[O-])NC(=O)CCCCCCCOCc1cccc(F)c1. The fraction of sp³-hybridized carbons (Fsp3) is 0.636. The van der Waals surface area contributed by atoms with Gasteiger partial charge in [-0.3, -0.25) is 4.79 Å². The number of aliphatic carboxylic acids is 1. The van der Waals surface area contributed by atoms with E-state index in [0.717, 1.165) is 37.7 Å². The number of amides is 1. The van der Waals surface area contributed by atoms with Crippen molar-refractivity contribution in [3.8, 4) is 0 Å². The number of nitrogens with one attached hydrogen (secondary N) is 1. The molecule has 29 heavy (non-hydrogen) atoms. The van der Waals surface area contributed by atoms with Gasteiger partial charge >= 0.3 is 0 Å². The highest BCUT2D eigenvalue weighted by molar-refractivity contribution is 5.77. The summed E-state index contributed by atoms with van der Waals surface area (Å²) in [6.07, 6.45) is 4.90. The lowest BCUT2D eigenvalue weighted by Gasteiger charge is -2.30.